The van der Waals surface area contributed by atoms with Gasteiger partial charge in [0, 0.05) is 38.1 Å². The van der Waals surface area contributed by atoms with Crippen LogP contribution in [0.5, 0.6) is 0 Å². The molecule has 1 aliphatic heterocycles. The summed E-state index contributed by atoms with van der Waals surface area (Å²) in [5, 5.41) is 8.50. The normalized spacial score (nSPS) is 17.8. The molecule has 1 aromatic heterocycles. The maximum Gasteiger partial charge on any atom is 0.239 e. The van der Waals surface area contributed by atoms with Crippen LogP contribution < -0.4 is 5.73 Å². The molecule has 0 spiro atoms. The number of piperazine rings is 1. The van der Waals surface area contributed by atoms with E-state index in [1.165, 1.54) is 0 Å². The molecule has 1 aromatic carbocycles. The number of rotatable bonds is 5. The molecule has 3 rings (SSSR count). The maximum atomic E-state index is 12.0. The Hall–Kier alpha value is -1.96. The number of carbonyl (C=O) groups excluding carboxylic acids is 1. The lowest BCUT2D eigenvalue weighted by Crippen LogP contribution is -2.50. The summed E-state index contributed by atoms with van der Waals surface area (Å²) in [6, 6.07) is 6.83. The van der Waals surface area contributed by atoms with Gasteiger partial charge in [0.2, 0.25) is 17.7 Å². The first kappa shape index (κ1) is 16.9. The first-order valence-corrected chi connectivity index (χ1v) is 8.21. The minimum Gasteiger partial charge on any atom is -0.424 e. The van der Waals surface area contributed by atoms with Crippen molar-refractivity contribution in [2.24, 2.45) is 5.73 Å². The molecule has 0 radical (unpaired) electrons. The van der Waals surface area contributed by atoms with Gasteiger partial charge in [-0.2, -0.15) is 0 Å². The largest absolute Gasteiger partial charge is 0.424 e. The van der Waals surface area contributed by atoms with Gasteiger partial charge in [-0.1, -0.05) is 23.7 Å². The lowest BCUT2D eigenvalue weighted by Gasteiger charge is -2.37. The van der Waals surface area contributed by atoms with E-state index in [0.29, 0.717) is 23.3 Å². The molecule has 128 valence electrons. The van der Waals surface area contributed by atoms with Crippen LogP contribution in [0.15, 0.2) is 28.7 Å². The molecular formula is C16H20ClN5O2. The van der Waals surface area contributed by atoms with Crippen LogP contribution in [-0.4, -0.2) is 52.1 Å². The summed E-state index contributed by atoms with van der Waals surface area (Å²) < 4.78 is 5.42. The number of primary amides is 1. The van der Waals surface area contributed by atoms with Crippen LogP contribution >= 0.6 is 11.6 Å². The van der Waals surface area contributed by atoms with E-state index in [1.54, 1.807) is 19.1 Å². The molecule has 2 N–H and O–H groups in total. The van der Waals surface area contributed by atoms with Crippen LogP contribution in [0.25, 0.3) is 0 Å². The number of hydrogen-bond acceptors (Lipinski definition) is 6. The molecule has 1 amide bonds. The van der Waals surface area contributed by atoms with Crippen molar-refractivity contribution in [1.29, 1.82) is 0 Å². The number of aryl methyl sites for hydroxylation is 1. The van der Waals surface area contributed by atoms with Gasteiger partial charge in [-0.15, -0.1) is 10.2 Å². The standard InChI is InChI=1S/C16H20ClN5O2/c1-11-19-20-14(24-11)10-21-6-8-22(9-7-21)15(16(18)23)12-2-4-13(17)5-3-12/h2-5,15H,6-10H2,1H3,(H2,18,23)/t15-/m1/s1. The van der Waals surface area contributed by atoms with Crippen LogP contribution in [0.2, 0.25) is 5.02 Å². The van der Waals surface area contributed by atoms with Crippen molar-refractivity contribution >= 4 is 17.5 Å². The number of nitrogens with zero attached hydrogens (tertiary/aromatic N) is 4. The fourth-order valence-corrected chi connectivity index (χ4v) is 3.10. The lowest BCUT2D eigenvalue weighted by molar-refractivity contribution is -0.124. The molecule has 0 saturated carbocycles. The fourth-order valence-electron chi connectivity index (χ4n) is 2.97. The Kier molecular flexibility index (Phi) is 5.13. The van der Waals surface area contributed by atoms with Gasteiger partial charge in [-0.3, -0.25) is 14.6 Å². The van der Waals surface area contributed by atoms with Gasteiger partial charge in [-0.25, -0.2) is 0 Å². The van der Waals surface area contributed by atoms with Gasteiger partial charge < -0.3 is 10.2 Å². The van der Waals surface area contributed by atoms with Crippen molar-refractivity contribution in [2.75, 3.05) is 26.2 Å². The number of carbonyl (C=O) groups is 1. The summed E-state index contributed by atoms with van der Waals surface area (Å²) in [5.74, 6) is 0.837. The summed E-state index contributed by atoms with van der Waals surface area (Å²) in [5.41, 5.74) is 6.51. The van der Waals surface area contributed by atoms with E-state index in [4.69, 9.17) is 21.8 Å². The van der Waals surface area contributed by atoms with E-state index in [9.17, 15) is 4.79 Å². The van der Waals surface area contributed by atoms with Crippen LogP contribution in [0.1, 0.15) is 23.4 Å². The number of aromatic nitrogens is 2. The smallest absolute Gasteiger partial charge is 0.239 e. The monoisotopic (exact) mass is 349 g/mol. The zero-order chi connectivity index (χ0) is 17.1. The highest BCUT2D eigenvalue weighted by molar-refractivity contribution is 6.30. The van der Waals surface area contributed by atoms with Gasteiger partial charge >= 0.3 is 0 Å². The Bertz CT molecular complexity index is 695. The molecule has 24 heavy (non-hydrogen) atoms. The van der Waals surface area contributed by atoms with Crippen molar-refractivity contribution in [1.82, 2.24) is 20.0 Å². The Labute approximate surface area is 145 Å². The van der Waals surface area contributed by atoms with Gasteiger partial charge in [0.1, 0.15) is 6.04 Å². The molecule has 0 aliphatic carbocycles. The molecule has 0 bridgehead atoms. The Morgan fingerprint density at radius 3 is 2.46 bits per heavy atom. The molecule has 2 aromatic rings. The first-order valence-electron chi connectivity index (χ1n) is 7.83. The molecule has 2 heterocycles. The number of halogens is 1. The summed E-state index contributed by atoms with van der Waals surface area (Å²) >= 11 is 5.92. The van der Waals surface area contributed by atoms with Crippen LogP contribution in [0.4, 0.5) is 0 Å². The summed E-state index contributed by atoms with van der Waals surface area (Å²) in [6.45, 7) is 5.49. The highest BCUT2D eigenvalue weighted by Crippen LogP contribution is 2.24. The summed E-state index contributed by atoms with van der Waals surface area (Å²) in [7, 11) is 0. The predicted octanol–water partition coefficient (Wildman–Crippen LogP) is 1.38. The first-order chi connectivity index (χ1) is 11.5. The van der Waals surface area contributed by atoms with Crippen LogP contribution in [0.3, 0.4) is 0 Å². The fraction of sp³-hybridized carbons (Fsp3) is 0.438. The quantitative estimate of drug-likeness (QED) is 0.877. The van der Waals surface area contributed by atoms with E-state index >= 15 is 0 Å². The zero-order valence-electron chi connectivity index (χ0n) is 13.5. The second-order valence-corrected chi connectivity index (χ2v) is 6.32. The molecule has 1 aliphatic rings. The van der Waals surface area contributed by atoms with E-state index in [0.717, 1.165) is 31.7 Å². The highest BCUT2D eigenvalue weighted by atomic mass is 35.5. The minimum absolute atomic E-state index is 0.349. The topological polar surface area (TPSA) is 88.5 Å². The van der Waals surface area contributed by atoms with E-state index in [-0.39, 0.29) is 5.91 Å². The minimum atomic E-state index is -0.435. The number of hydrogen-bond donors (Lipinski definition) is 1. The van der Waals surface area contributed by atoms with Gasteiger partial charge in [-0.05, 0) is 17.7 Å². The molecule has 7 nitrogen and oxygen atoms in total. The second-order valence-electron chi connectivity index (χ2n) is 5.88. The van der Waals surface area contributed by atoms with E-state index < -0.39 is 6.04 Å². The van der Waals surface area contributed by atoms with Crippen molar-refractivity contribution in [2.45, 2.75) is 19.5 Å². The Balaban J connectivity index is 1.63. The number of amides is 1. The zero-order valence-corrected chi connectivity index (χ0v) is 14.2. The second kappa shape index (κ2) is 7.29. The van der Waals surface area contributed by atoms with Crippen molar-refractivity contribution in [3.8, 4) is 0 Å². The maximum absolute atomic E-state index is 12.0. The number of benzene rings is 1. The average molecular weight is 350 g/mol. The molecule has 1 fully saturated rings. The Morgan fingerprint density at radius 2 is 1.92 bits per heavy atom. The highest BCUT2D eigenvalue weighted by Gasteiger charge is 2.29. The third-order valence-electron chi connectivity index (χ3n) is 4.15. The van der Waals surface area contributed by atoms with Gasteiger partial charge in [0.05, 0.1) is 6.54 Å². The number of nitrogens with two attached hydrogens (primary N) is 1. The molecule has 8 heteroatoms. The van der Waals surface area contributed by atoms with Crippen molar-refractivity contribution in [3.05, 3.63) is 46.6 Å². The van der Waals surface area contributed by atoms with Crippen molar-refractivity contribution < 1.29 is 9.21 Å². The molecule has 1 atom stereocenters. The lowest BCUT2D eigenvalue weighted by atomic mass is 10.0. The SMILES string of the molecule is Cc1nnc(CN2CCN([C@@H](C(N)=O)c3ccc(Cl)cc3)CC2)o1. The van der Waals surface area contributed by atoms with Crippen LogP contribution in [0, 0.1) is 6.92 Å². The average Bonchev–Trinajstić information content (AvgIpc) is 2.96. The Morgan fingerprint density at radius 1 is 1.25 bits per heavy atom. The van der Waals surface area contributed by atoms with Gasteiger partial charge in [0.15, 0.2) is 0 Å². The summed E-state index contributed by atoms with van der Waals surface area (Å²) in [4.78, 5) is 16.3. The third kappa shape index (κ3) is 3.92. The van der Waals surface area contributed by atoms with Gasteiger partial charge in [0.25, 0.3) is 0 Å². The van der Waals surface area contributed by atoms with E-state index in [2.05, 4.69) is 20.0 Å². The predicted molar refractivity (Wildman–Crippen MR) is 89.3 cm³/mol. The van der Waals surface area contributed by atoms with Crippen LogP contribution in [-0.2, 0) is 11.3 Å². The molecule has 1 saturated heterocycles. The van der Waals surface area contributed by atoms with E-state index in [1.807, 2.05) is 12.1 Å². The third-order valence-corrected chi connectivity index (χ3v) is 4.41. The molecule has 0 unspecified atom stereocenters. The van der Waals surface area contributed by atoms with Crippen molar-refractivity contribution in [3.63, 3.8) is 0 Å². The summed E-state index contributed by atoms with van der Waals surface area (Å²) in [6.07, 6.45) is 0. The molecular weight excluding hydrogens is 330 g/mol.